The van der Waals surface area contributed by atoms with Gasteiger partial charge in [0.25, 0.3) is 0 Å². The van der Waals surface area contributed by atoms with Crippen LogP contribution in [0.4, 0.5) is 23.4 Å². The van der Waals surface area contributed by atoms with Crippen LogP contribution in [0.25, 0.3) is 0 Å². The number of pyridine rings is 1. The van der Waals surface area contributed by atoms with Gasteiger partial charge >= 0.3 is 5.69 Å². The maximum absolute atomic E-state index is 14.7. The van der Waals surface area contributed by atoms with Crippen LogP contribution in [0.1, 0.15) is 42.9 Å². The zero-order valence-corrected chi connectivity index (χ0v) is 19.1. The summed E-state index contributed by atoms with van der Waals surface area (Å²) in [7, 11) is 0. The van der Waals surface area contributed by atoms with Crippen molar-refractivity contribution in [3.63, 3.8) is 0 Å². The van der Waals surface area contributed by atoms with Crippen LogP contribution in [0.3, 0.4) is 0 Å². The van der Waals surface area contributed by atoms with Crippen molar-refractivity contribution in [3.8, 4) is 17.4 Å². The highest BCUT2D eigenvalue weighted by Crippen LogP contribution is 2.48. The second-order valence-corrected chi connectivity index (χ2v) is 9.49. The number of nitrogens with zero attached hydrogens (tertiary/aromatic N) is 4. The monoisotopic (exact) mass is 502 g/mol. The topological polar surface area (TPSA) is 69.5 Å². The molecular formula is C25H22F4N4O3. The van der Waals surface area contributed by atoms with Crippen molar-refractivity contribution in [2.75, 3.05) is 11.4 Å². The number of aromatic nitrogens is 3. The third-order valence-electron chi connectivity index (χ3n) is 6.96. The van der Waals surface area contributed by atoms with Crippen LogP contribution in [0.5, 0.6) is 17.4 Å². The summed E-state index contributed by atoms with van der Waals surface area (Å²) in [4.78, 5) is 22.6. The van der Waals surface area contributed by atoms with E-state index in [9.17, 15) is 22.4 Å². The summed E-state index contributed by atoms with van der Waals surface area (Å²) in [5, 5.41) is 0. The fourth-order valence-electron chi connectivity index (χ4n) is 5.15. The molecular weight excluding hydrogens is 480 g/mol. The lowest BCUT2D eigenvalue weighted by molar-refractivity contribution is -0.0876. The highest BCUT2D eigenvalue weighted by Gasteiger charge is 2.46. The van der Waals surface area contributed by atoms with Crippen LogP contribution in [-0.4, -0.2) is 33.0 Å². The number of hydrogen-bond acceptors (Lipinski definition) is 6. The van der Waals surface area contributed by atoms with Gasteiger partial charge in [-0.3, -0.25) is 9.55 Å². The van der Waals surface area contributed by atoms with E-state index in [4.69, 9.17) is 9.47 Å². The van der Waals surface area contributed by atoms with Crippen molar-refractivity contribution in [3.05, 3.63) is 69.9 Å². The minimum atomic E-state index is -2.71. The number of ether oxygens (including phenoxy) is 2. The van der Waals surface area contributed by atoms with Crippen molar-refractivity contribution < 1.29 is 27.0 Å². The Kier molecular flexibility index (Phi) is 5.38. The van der Waals surface area contributed by atoms with Crippen molar-refractivity contribution in [2.45, 2.75) is 56.7 Å². The van der Waals surface area contributed by atoms with Gasteiger partial charge in [-0.05, 0) is 36.6 Å². The number of fused-ring (bicyclic) bond motifs is 3. The molecule has 2 fully saturated rings. The van der Waals surface area contributed by atoms with Crippen LogP contribution in [0.15, 0.2) is 41.3 Å². The molecule has 6 rings (SSSR count). The third kappa shape index (κ3) is 4.16. The first kappa shape index (κ1) is 22.8. The van der Waals surface area contributed by atoms with Gasteiger partial charge in [0, 0.05) is 61.9 Å². The van der Waals surface area contributed by atoms with E-state index in [0.717, 1.165) is 37.3 Å². The molecule has 3 aliphatic rings. The van der Waals surface area contributed by atoms with Gasteiger partial charge in [-0.2, -0.15) is 4.98 Å². The highest BCUT2D eigenvalue weighted by atomic mass is 19.3. The summed E-state index contributed by atoms with van der Waals surface area (Å²) >= 11 is 0. The zero-order chi connectivity index (χ0) is 25.0. The SMILES string of the molecule is O=c1nc(OCc2cc(F)c(Oc3ccnc(C4CC(F)(F)C4)c3)c(F)c2)cc2n1C[C@H]1CCCN21. The van der Waals surface area contributed by atoms with Gasteiger partial charge in [0.2, 0.25) is 11.8 Å². The first-order valence-electron chi connectivity index (χ1n) is 11.8. The molecule has 2 aromatic heterocycles. The number of halogens is 4. The number of anilines is 1. The second kappa shape index (κ2) is 8.49. The van der Waals surface area contributed by atoms with Gasteiger partial charge < -0.3 is 14.4 Å². The Morgan fingerprint density at radius 3 is 2.64 bits per heavy atom. The van der Waals surface area contributed by atoms with E-state index in [1.807, 2.05) is 0 Å². The average molecular weight is 502 g/mol. The summed E-state index contributed by atoms with van der Waals surface area (Å²) in [6.45, 7) is 1.26. The molecule has 0 amide bonds. The molecule has 2 aliphatic heterocycles. The van der Waals surface area contributed by atoms with Gasteiger partial charge in [0.1, 0.15) is 18.2 Å². The molecule has 1 atom stereocenters. The molecule has 0 N–H and O–H groups in total. The lowest BCUT2D eigenvalue weighted by Crippen LogP contribution is -2.34. The van der Waals surface area contributed by atoms with Crippen molar-refractivity contribution in [2.24, 2.45) is 0 Å². The predicted octanol–water partition coefficient (Wildman–Crippen LogP) is 4.78. The second-order valence-electron chi connectivity index (χ2n) is 9.49. The van der Waals surface area contributed by atoms with E-state index in [-0.39, 0.29) is 42.7 Å². The Labute approximate surface area is 203 Å². The molecule has 1 saturated heterocycles. The first-order chi connectivity index (χ1) is 17.3. The molecule has 3 aromatic rings. The molecule has 11 heteroatoms. The van der Waals surface area contributed by atoms with Crippen molar-refractivity contribution >= 4 is 5.82 Å². The van der Waals surface area contributed by atoms with Gasteiger partial charge in [-0.25, -0.2) is 22.4 Å². The average Bonchev–Trinajstić information content (AvgIpc) is 3.41. The maximum atomic E-state index is 14.7. The summed E-state index contributed by atoms with van der Waals surface area (Å²) < 4.78 is 68.4. The molecule has 0 bridgehead atoms. The standard InChI is InChI=1S/C25H22F4N4O3/c26-18-6-14(13-35-21-9-22-32-5-1-2-16(32)12-33(22)24(34)31-21)7-19(27)23(18)36-17-3-4-30-20(8-17)15-10-25(28,29)11-15/h3-4,6-9,15-16H,1-2,5,10-13H2/t16-/m1/s1. The molecule has 188 valence electrons. The number of benzene rings is 1. The minimum absolute atomic E-state index is 0.0887. The first-order valence-corrected chi connectivity index (χ1v) is 11.8. The summed E-state index contributed by atoms with van der Waals surface area (Å²) in [5.74, 6) is -4.73. The largest absolute Gasteiger partial charge is 0.473 e. The maximum Gasteiger partial charge on any atom is 0.352 e. The third-order valence-corrected chi connectivity index (χ3v) is 6.96. The quantitative estimate of drug-likeness (QED) is 0.452. The Morgan fingerprint density at radius 1 is 1.11 bits per heavy atom. The molecule has 1 saturated carbocycles. The molecule has 1 aromatic carbocycles. The number of hydrogen-bond donors (Lipinski definition) is 0. The predicted molar refractivity (Wildman–Crippen MR) is 121 cm³/mol. The van der Waals surface area contributed by atoms with E-state index < -0.39 is 34.9 Å². The molecule has 1 aliphatic carbocycles. The Hall–Kier alpha value is -3.63. The van der Waals surface area contributed by atoms with Gasteiger partial charge in [-0.15, -0.1) is 0 Å². The van der Waals surface area contributed by atoms with Crippen LogP contribution < -0.4 is 20.1 Å². The van der Waals surface area contributed by atoms with E-state index in [1.54, 1.807) is 10.6 Å². The summed E-state index contributed by atoms with van der Waals surface area (Å²) in [6, 6.07) is 6.93. The summed E-state index contributed by atoms with van der Waals surface area (Å²) in [6.07, 6.45) is 2.80. The molecule has 0 spiro atoms. The van der Waals surface area contributed by atoms with Crippen molar-refractivity contribution in [1.29, 1.82) is 0 Å². The van der Waals surface area contributed by atoms with E-state index >= 15 is 0 Å². The summed E-state index contributed by atoms with van der Waals surface area (Å²) in [5.41, 5.74) is 0.161. The molecule has 4 heterocycles. The lowest BCUT2D eigenvalue weighted by atomic mass is 9.79. The minimum Gasteiger partial charge on any atom is -0.473 e. The molecule has 0 unspecified atom stereocenters. The molecule has 7 nitrogen and oxygen atoms in total. The Bertz CT molecular complexity index is 1360. The number of alkyl halides is 2. The van der Waals surface area contributed by atoms with Crippen LogP contribution in [0.2, 0.25) is 0 Å². The normalized spacial score (nSPS) is 20.1. The van der Waals surface area contributed by atoms with E-state index in [2.05, 4.69) is 14.9 Å². The Morgan fingerprint density at radius 2 is 1.89 bits per heavy atom. The van der Waals surface area contributed by atoms with Gasteiger partial charge in [0.15, 0.2) is 17.4 Å². The highest BCUT2D eigenvalue weighted by molar-refractivity contribution is 5.48. The molecule has 36 heavy (non-hydrogen) atoms. The Balaban J connectivity index is 1.15. The fraction of sp³-hybridized carbons (Fsp3) is 0.400. The van der Waals surface area contributed by atoms with Crippen LogP contribution in [-0.2, 0) is 13.2 Å². The fourth-order valence-corrected chi connectivity index (χ4v) is 5.15. The zero-order valence-electron chi connectivity index (χ0n) is 19.1. The molecule has 0 radical (unpaired) electrons. The number of rotatable bonds is 6. The van der Waals surface area contributed by atoms with Gasteiger partial charge in [-0.1, -0.05) is 0 Å². The van der Waals surface area contributed by atoms with Gasteiger partial charge in [0.05, 0.1) is 0 Å². The lowest BCUT2D eigenvalue weighted by Gasteiger charge is -2.34. The smallest absolute Gasteiger partial charge is 0.352 e. The van der Waals surface area contributed by atoms with E-state index in [0.29, 0.717) is 12.2 Å². The van der Waals surface area contributed by atoms with Crippen molar-refractivity contribution in [1.82, 2.24) is 14.5 Å². The van der Waals surface area contributed by atoms with Crippen LogP contribution >= 0.6 is 0 Å². The van der Waals surface area contributed by atoms with Crippen LogP contribution in [0, 0.1) is 11.6 Å². The van der Waals surface area contributed by atoms with E-state index in [1.165, 1.54) is 18.3 Å².